The fourth-order valence-corrected chi connectivity index (χ4v) is 3.09. The molecule has 0 aromatic heterocycles. The van der Waals surface area contributed by atoms with Crippen LogP contribution in [-0.4, -0.2) is 61.3 Å². The topological polar surface area (TPSA) is 59.9 Å². The highest BCUT2D eigenvalue weighted by Gasteiger charge is 2.27. The number of aliphatic hydroxyl groups is 1. The third-order valence-electron chi connectivity index (χ3n) is 5.22. The molecule has 1 aliphatic carbocycles. The molecule has 1 saturated carbocycles. The highest BCUT2D eigenvalue weighted by Crippen LogP contribution is 2.30. The van der Waals surface area contributed by atoms with Crippen LogP contribution in [0.2, 0.25) is 0 Å². The van der Waals surface area contributed by atoms with Crippen LogP contribution >= 0.6 is 24.0 Å². The van der Waals surface area contributed by atoms with E-state index < -0.39 is 0 Å². The van der Waals surface area contributed by atoms with Gasteiger partial charge in [0.2, 0.25) is 0 Å². The lowest BCUT2D eigenvalue weighted by Crippen LogP contribution is -2.42. The van der Waals surface area contributed by atoms with Gasteiger partial charge in [0, 0.05) is 38.8 Å². The molecule has 1 rings (SSSR count). The zero-order valence-corrected chi connectivity index (χ0v) is 18.4. The van der Waals surface area contributed by atoms with Crippen molar-refractivity contribution < 1.29 is 5.11 Å². The first kappa shape index (κ1) is 23.9. The number of nitrogens with zero attached hydrogens (tertiary/aromatic N) is 2. The average molecular weight is 454 g/mol. The number of hydrogen-bond donors (Lipinski definition) is 3. The zero-order chi connectivity index (χ0) is 17.1. The van der Waals surface area contributed by atoms with Crippen LogP contribution in [0.15, 0.2) is 4.99 Å². The molecule has 0 aliphatic heterocycles. The van der Waals surface area contributed by atoms with E-state index in [1.54, 1.807) is 0 Å². The summed E-state index contributed by atoms with van der Waals surface area (Å²) >= 11 is 0. The summed E-state index contributed by atoms with van der Waals surface area (Å²) in [5, 5.41) is 16.1. The molecule has 0 unspecified atom stereocenters. The molecule has 5 nitrogen and oxygen atoms in total. The normalized spacial score (nSPS) is 15.3. The van der Waals surface area contributed by atoms with Crippen molar-refractivity contribution >= 4 is 29.9 Å². The highest BCUT2D eigenvalue weighted by atomic mass is 127. The van der Waals surface area contributed by atoms with Crippen molar-refractivity contribution in [2.45, 2.75) is 65.8 Å². The molecule has 0 atom stereocenters. The maximum Gasteiger partial charge on any atom is 0.191 e. The molecule has 0 radical (unpaired) electrons. The summed E-state index contributed by atoms with van der Waals surface area (Å²) in [5.74, 6) is 0.906. The van der Waals surface area contributed by atoms with Crippen LogP contribution in [0.3, 0.4) is 0 Å². The Kier molecular flexibility index (Phi) is 13.1. The predicted molar refractivity (Wildman–Crippen MR) is 114 cm³/mol. The Morgan fingerprint density at radius 2 is 1.83 bits per heavy atom. The van der Waals surface area contributed by atoms with Gasteiger partial charge in [-0.1, -0.05) is 20.8 Å². The van der Waals surface area contributed by atoms with Gasteiger partial charge >= 0.3 is 0 Å². The average Bonchev–Trinajstić information content (AvgIpc) is 3.40. The largest absolute Gasteiger partial charge is 0.396 e. The Morgan fingerprint density at radius 1 is 1.17 bits per heavy atom. The molecule has 0 aromatic carbocycles. The SMILES string of the molecule is CCNC(=NCC(CC)(CC)CCO)NCCN(CC)C1CC1.I. The molecule has 1 aliphatic rings. The van der Waals surface area contributed by atoms with Crippen LogP contribution in [0.25, 0.3) is 0 Å². The standard InChI is InChI=1S/C18H38N4O.HI/c1-5-18(6-2,11-14-23)15-21-17(19-7-3)20-12-13-22(8-4)16-9-10-16;/h16,23H,5-15H2,1-4H3,(H2,19,20,21);1H. The molecule has 144 valence electrons. The van der Waals surface area contributed by atoms with Gasteiger partial charge in [-0.3, -0.25) is 9.89 Å². The Labute approximate surface area is 166 Å². The van der Waals surface area contributed by atoms with E-state index in [0.717, 1.165) is 64.0 Å². The van der Waals surface area contributed by atoms with Crippen molar-refractivity contribution in [2.75, 3.05) is 39.3 Å². The number of likely N-dealkylation sites (N-methyl/N-ethyl adjacent to an activating group) is 1. The van der Waals surface area contributed by atoms with Crippen molar-refractivity contribution in [3.63, 3.8) is 0 Å². The first-order valence-corrected chi connectivity index (χ1v) is 9.51. The van der Waals surface area contributed by atoms with Gasteiger partial charge in [0.15, 0.2) is 5.96 Å². The zero-order valence-electron chi connectivity index (χ0n) is 16.1. The minimum atomic E-state index is 0. The maximum atomic E-state index is 9.33. The second kappa shape index (κ2) is 13.2. The predicted octanol–water partition coefficient (Wildman–Crippen LogP) is 2.83. The molecule has 0 saturated heterocycles. The van der Waals surface area contributed by atoms with Crippen molar-refractivity contribution in [1.82, 2.24) is 15.5 Å². The third-order valence-corrected chi connectivity index (χ3v) is 5.22. The van der Waals surface area contributed by atoms with Gasteiger partial charge in [-0.15, -0.1) is 24.0 Å². The minimum Gasteiger partial charge on any atom is -0.396 e. The second-order valence-electron chi connectivity index (χ2n) is 6.66. The van der Waals surface area contributed by atoms with Crippen LogP contribution in [-0.2, 0) is 0 Å². The van der Waals surface area contributed by atoms with E-state index in [9.17, 15) is 5.11 Å². The highest BCUT2D eigenvalue weighted by molar-refractivity contribution is 14.0. The van der Waals surface area contributed by atoms with Gasteiger partial charge in [-0.25, -0.2) is 0 Å². The molecule has 1 fully saturated rings. The summed E-state index contributed by atoms with van der Waals surface area (Å²) in [7, 11) is 0. The quantitative estimate of drug-likeness (QED) is 0.241. The molecule has 0 bridgehead atoms. The number of hydrogen-bond acceptors (Lipinski definition) is 3. The molecule has 0 heterocycles. The second-order valence-corrected chi connectivity index (χ2v) is 6.66. The number of aliphatic imine (C=N–C) groups is 1. The summed E-state index contributed by atoms with van der Waals surface area (Å²) < 4.78 is 0. The summed E-state index contributed by atoms with van der Waals surface area (Å²) in [4.78, 5) is 7.34. The first-order chi connectivity index (χ1) is 11.1. The van der Waals surface area contributed by atoms with Crippen molar-refractivity contribution in [1.29, 1.82) is 0 Å². The maximum absolute atomic E-state index is 9.33. The van der Waals surface area contributed by atoms with Crippen LogP contribution in [0, 0.1) is 5.41 Å². The van der Waals surface area contributed by atoms with E-state index in [-0.39, 0.29) is 36.0 Å². The minimum absolute atomic E-state index is 0. The van der Waals surface area contributed by atoms with Crippen molar-refractivity contribution in [3.8, 4) is 0 Å². The molecule has 24 heavy (non-hydrogen) atoms. The van der Waals surface area contributed by atoms with E-state index in [2.05, 4.69) is 43.2 Å². The lowest BCUT2D eigenvalue weighted by molar-refractivity contribution is 0.175. The van der Waals surface area contributed by atoms with Gasteiger partial charge in [0.05, 0.1) is 0 Å². The first-order valence-electron chi connectivity index (χ1n) is 9.51. The number of rotatable bonds is 12. The van der Waals surface area contributed by atoms with Gasteiger partial charge in [-0.05, 0) is 51.0 Å². The van der Waals surface area contributed by atoms with Crippen LogP contribution in [0.1, 0.15) is 59.8 Å². The summed E-state index contributed by atoms with van der Waals surface area (Å²) in [6, 6.07) is 0.818. The molecule has 0 amide bonds. The van der Waals surface area contributed by atoms with Crippen LogP contribution in [0.5, 0.6) is 0 Å². The van der Waals surface area contributed by atoms with E-state index in [4.69, 9.17) is 4.99 Å². The van der Waals surface area contributed by atoms with E-state index in [1.165, 1.54) is 12.8 Å². The molecule has 3 N–H and O–H groups in total. The Balaban J connectivity index is 0.00000529. The summed E-state index contributed by atoms with van der Waals surface area (Å²) in [6.07, 6.45) is 5.65. The number of nitrogens with one attached hydrogen (secondary N) is 2. The van der Waals surface area contributed by atoms with Gasteiger partial charge in [0.1, 0.15) is 0 Å². The summed E-state index contributed by atoms with van der Waals surface area (Å²) in [5.41, 5.74) is 0.126. The fraction of sp³-hybridized carbons (Fsp3) is 0.944. The Hall–Kier alpha value is -0.0800. The molecular formula is C18H39IN4O. The van der Waals surface area contributed by atoms with Crippen LogP contribution in [0.4, 0.5) is 0 Å². The molecular weight excluding hydrogens is 415 g/mol. The number of guanidine groups is 1. The molecule has 6 heteroatoms. The smallest absolute Gasteiger partial charge is 0.191 e. The number of halogens is 1. The third kappa shape index (κ3) is 8.34. The van der Waals surface area contributed by atoms with E-state index in [0.29, 0.717) is 0 Å². The fourth-order valence-electron chi connectivity index (χ4n) is 3.09. The summed E-state index contributed by atoms with van der Waals surface area (Å²) in [6.45, 7) is 13.8. The van der Waals surface area contributed by atoms with E-state index >= 15 is 0 Å². The van der Waals surface area contributed by atoms with Gasteiger partial charge in [-0.2, -0.15) is 0 Å². The van der Waals surface area contributed by atoms with Gasteiger partial charge < -0.3 is 15.7 Å². The van der Waals surface area contributed by atoms with Crippen LogP contribution < -0.4 is 10.6 Å². The number of aliphatic hydroxyl groups excluding tert-OH is 1. The van der Waals surface area contributed by atoms with Crippen molar-refractivity contribution in [3.05, 3.63) is 0 Å². The lowest BCUT2D eigenvalue weighted by Gasteiger charge is -2.29. The molecule has 0 spiro atoms. The Morgan fingerprint density at radius 3 is 2.29 bits per heavy atom. The monoisotopic (exact) mass is 454 g/mol. The van der Waals surface area contributed by atoms with Gasteiger partial charge in [0.25, 0.3) is 0 Å². The van der Waals surface area contributed by atoms with Crippen molar-refractivity contribution in [2.24, 2.45) is 10.4 Å². The Bertz CT molecular complexity index is 344. The lowest BCUT2D eigenvalue weighted by atomic mass is 9.79. The van der Waals surface area contributed by atoms with E-state index in [1.807, 2.05) is 0 Å². The molecule has 0 aromatic rings.